The van der Waals surface area contributed by atoms with Crippen molar-refractivity contribution in [1.82, 2.24) is 0 Å². The monoisotopic (exact) mass is 217 g/mol. The minimum Gasteiger partial charge on any atom is -0.325 e. The molecular weight excluding hydrogens is 198 g/mol. The van der Waals surface area contributed by atoms with Crippen LogP contribution in [-0.4, -0.2) is 11.3 Å². The van der Waals surface area contributed by atoms with Crippen molar-refractivity contribution in [3.05, 3.63) is 35.4 Å². The summed E-state index contributed by atoms with van der Waals surface area (Å²) in [4.78, 5) is 11.9. The van der Waals surface area contributed by atoms with Crippen LogP contribution in [0.1, 0.15) is 36.8 Å². The summed E-state index contributed by atoms with van der Waals surface area (Å²) in [6, 6.07) is 8.13. The van der Waals surface area contributed by atoms with E-state index in [0.29, 0.717) is 12.8 Å². The number of hydrogen-bond donors (Lipinski definition) is 1. The molecule has 1 fully saturated rings. The van der Waals surface area contributed by atoms with Crippen molar-refractivity contribution in [2.75, 3.05) is 0 Å². The van der Waals surface area contributed by atoms with Crippen LogP contribution in [0.4, 0.5) is 0 Å². The molecule has 2 nitrogen and oxygen atoms in total. The molecule has 0 amide bonds. The maximum absolute atomic E-state index is 11.9. The van der Waals surface area contributed by atoms with Crippen molar-refractivity contribution in [1.29, 1.82) is 0 Å². The highest BCUT2D eigenvalue weighted by molar-refractivity contribution is 5.82. The van der Waals surface area contributed by atoms with E-state index in [2.05, 4.69) is 6.07 Å². The summed E-state index contributed by atoms with van der Waals surface area (Å²) in [5.74, 6) is 0.271. The molecule has 2 heteroatoms. The highest BCUT2D eigenvalue weighted by atomic mass is 16.1. The molecule has 16 heavy (non-hydrogen) atoms. The molecule has 0 aromatic heterocycles. The fourth-order valence-electron chi connectivity index (χ4n) is 2.31. The smallest absolute Gasteiger partial charge is 0.139 e. The SMILES string of the molecule is Cc1cccc(CC(=O)CC2(N)CCC2)c1. The normalized spacial score (nSPS) is 17.9. The van der Waals surface area contributed by atoms with Gasteiger partial charge in [0.1, 0.15) is 5.78 Å². The summed E-state index contributed by atoms with van der Waals surface area (Å²) in [6.07, 6.45) is 4.26. The Morgan fingerprint density at radius 3 is 2.75 bits per heavy atom. The molecule has 0 unspecified atom stereocenters. The van der Waals surface area contributed by atoms with Gasteiger partial charge >= 0.3 is 0 Å². The summed E-state index contributed by atoms with van der Waals surface area (Å²) in [7, 11) is 0. The van der Waals surface area contributed by atoms with Gasteiger partial charge in [-0.05, 0) is 31.7 Å². The number of hydrogen-bond acceptors (Lipinski definition) is 2. The molecule has 0 saturated heterocycles. The molecule has 2 rings (SSSR count). The van der Waals surface area contributed by atoms with E-state index in [4.69, 9.17) is 5.73 Å². The van der Waals surface area contributed by atoms with Crippen LogP contribution in [0.3, 0.4) is 0 Å². The summed E-state index contributed by atoms with van der Waals surface area (Å²) in [6.45, 7) is 2.05. The van der Waals surface area contributed by atoms with Crippen LogP contribution in [0.15, 0.2) is 24.3 Å². The second-order valence-electron chi connectivity index (χ2n) is 5.10. The maximum Gasteiger partial charge on any atom is 0.139 e. The Morgan fingerprint density at radius 1 is 1.44 bits per heavy atom. The second kappa shape index (κ2) is 4.38. The average molecular weight is 217 g/mol. The van der Waals surface area contributed by atoms with Gasteiger partial charge in [-0.3, -0.25) is 4.79 Å². The van der Waals surface area contributed by atoms with Crippen molar-refractivity contribution < 1.29 is 4.79 Å². The molecule has 86 valence electrons. The average Bonchev–Trinajstić information content (AvgIpc) is 2.15. The standard InChI is InChI=1S/C14H19NO/c1-11-4-2-5-12(8-11)9-13(16)10-14(15)6-3-7-14/h2,4-5,8H,3,6-7,9-10,15H2,1H3. The van der Waals surface area contributed by atoms with E-state index >= 15 is 0 Å². The fourth-order valence-corrected chi connectivity index (χ4v) is 2.31. The van der Waals surface area contributed by atoms with Crippen LogP contribution in [-0.2, 0) is 11.2 Å². The predicted molar refractivity (Wildman–Crippen MR) is 65.3 cm³/mol. The molecule has 1 aliphatic rings. The molecule has 0 aliphatic heterocycles. The lowest BCUT2D eigenvalue weighted by Gasteiger charge is -2.37. The molecule has 0 bridgehead atoms. The summed E-state index contributed by atoms with van der Waals surface area (Å²) in [5, 5.41) is 0. The van der Waals surface area contributed by atoms with Gasteiger partial charge in [0.15, 0.2) is 0 Å². The van der Waals surface area contributed by atoms with Crippen molar-refractivity contribution in [2.24, 2.45) is 5.73 Å². The van der Waals surface area contributed by atoms with E-state index in [0.717, 1.165) is 18.4 Å². The van der Waals surface area contributed by atoms with Crippen LogP contribution in [0, 0.1) is 6.92 Å². The molecular formula is C14H19NO. The molecule has 1 aliphatic carbocycles. The van der Waals surface area contributed by atoms with Gasteiger partial charge in [-0.1, -0.05) is 29.8 Å². The Labute approximate surface area is 96.8 Å². The zero-order chi connectivity index (χ0) is 11.6. The number of Topliss-reactive ketones (excluding diaryl/α,β-unsaturated/α-hetero) is 1. The highest BCUT2D eigenvalue weighted by Crippen LogP contribution is 2.32. The summed E-state index contributed by atoms with van der Waals surface area (Å²) < 4.78 is 0. The number of aryl methyl sites for hydroxylation is 1. The molecule has 2 N–H and O–H groups in total. The first-order valence-electron chi connectivity index (χ1n) is 5.94. The highest BCUT2D eigenvalue weighted by Gasteiger charge is 2.34. The molecule has 0 atom stereocenters. The third kappa shape index (κ3) is 2.70. The van der Waals surface area contributed by atoms with Crippen molar-refractivity contribution >= 4 is 5.78 Å². The number of ketones is 1. The van der Waals surface area contributed by atoms with E-state index in [9.17, 15) is 4.79 Å². The zero-order valence-corrected chi connectivity index (χ0v) is 9.83. The van der Waals surface area contributed by atoms with Gasteiger partial charge in [0.2, 0.25) is 0 Å². The van der Waals surface area contributed by atoms with Crippen LogP contribution >= 0.6 is 0 Å². The third-order valence-electron chi connectivity index (χ3n) is 3.38. The first-order valence-corrected chi connectivity index (χ1v) is 5.94. The lowest BCUT2D eigenvalue weighted by molar-refractivity contribution is -0.120. The van der Waals surface area contributed by atoms with Gasteiger partial charge in [0.05, 0.1) is 0 Å². The topological polar surface area (TPSA) is 43.1 Å². The first-order chi connectivity index (χ1) is 7.57. The van der Waals surface area contributed by atoms with Gasteiger partial charge < -0.3 is 5.73 Å². The Hall–Kier alpha value is -1.15. The third-order valence-corrected chi connectivity index (χ3v) is 3.38. The van der Waals surface area contributed by atoms with E-state index in [1.165, 1.54) is 12.0 Å². The number of carbonyl (C=O) groups excluding carboxylic acids is 1. The molecule has 0 radical (unpaired) electrons. The minimum absolute atomic E-state index is 0.180. The number of nitrogens with two attached hydrogens (primary N) is 1. The van der Waals surface area contributed by atoms with Gasteiger partial charge in [-0.25, -0.2) is 0 Å². The quantitative estimate of drug-likeness (QED) is 0.841. The Bertz CT molecular complexity index is 393. The Balaban J connectivity index is 1.92. The molecule has 1 saturated carbocycles. The molecule has 1 aromatic carbocycles. The van der Waals surface area contributed by atoms with Gasteiger partial charge in [0, 0.05) is 18.4 Å². The Kier molecular flexibility index (Phi) is 3.10. The summed E-state index contributed by atoms with van der Waals surface area (Å²) in [5.41, 5.74) is 8.20. The van der Waals surface area contributed by atoms with E-state index in [1.54, 1.807) is 0 Å². The van der Waals surface area contributed by atoms with Gasteiger partial charge in [-0.15, -0.1) is 0 Å². The minimum atomic E-state index is -0.180. The second-order valence-corrected chi connectivity index (χ2v) is 5.10. The van der Waals surface area contributed by atoms with Gasteiger partial charge in [-0.2, -0.15) is 0 Å². The van der Waals surface area contributed by atoms with Crippen LogP contribution < -0.4 is 5.73 Å². The van der Waals surface area contributed by atoms with E-state index in [1.807, 2.05) is 25.1 Å². The van der Waals surface area contributed by atoms with Crippen molar-refractivity contribution in [2.45, 2.75) is 44.6 Å². The lowest BCUT2D eigenvalue weighted by atomic mass is 9.74. The van der Waals surface area contributed by atoms with Crippen molar-refractivity contribution in [3.8, 4) is 0 Å². The van der Waals surface area contributed by atoms with Crippen molar-refractivity contribution in [3.63, 3.8) is 0 Å². The summed E-state index contributed by atoms with van der Waals surface area (Å²) >= 11 is 0. The maximum atomic E-state index is 11.9. The van der Waals surface area contributed by atoms with Crippen LogP contribution in [0.2, 0.25) is 0 Å². The zero-order valence-electron chi connectivity index (χ0n) is 9.83. The molecule has 0 heterocycles. The fraction of sp³-hybridized carbons (Fsp3) is 0.500. The van der Waals surface area contributed by atoms with Crippen LogP contribution in [0.5, 0.6) is 0 Å². The lowest BCUT2D eigenvalue weighted by Crippen LogP contribution is -2.48. The largest absolute Gasteiger partial charge is 0.325 e. The molecule has 0 spiro atoms. The number of rotatable bonds is 4. The predicted octanol–water partition coefficient (Wildman–Crippen LogP) is 2.38. The first kappa shape index (κ1) is 11.3. The van der Waals surface area contributed by atoms with Gasteiger partial charge in [0.25, 0.3) is 0 Å². The Morgan fingerprint density at radius 2 is 2.19 bits per heavy atom. The molecule has 1 aromatic rings. The van der Waals surface area contributed by atoms with E-state index in [-0.39, 0.29) is 11.3 Å². The number of carbonyl (C=O) groups is 1. The number of benzene rings is 1. The van der Waals surface area contributed by atoms with Crippen LogP contribution in [0.25, 0.3) is 0 Å². The van der Waals surface area contributed by atoms with E-state index < -0.39 is 0 Å².